The van der Waals surface area contributed by atoms with Crippen LogP contribution in [-0.4, -0.2) is 21.1 Å². The van der Waals surface area contributed by atoms with E-state index in [0.717, 1.165) is 0 Å². The van der Waals surface area contributed by atoms with Crippen LogP contribution in [0.1, 0.15) is 6.42 Å². The Hall–Kier alpha value is -1.65. The number of carbonyl (C=O) groups excluding carboxylic acids is 1. The summed E-state index contributed by atoms with van der Waals surface area (Å²) in [5, 5.41) is 8.54. The van der Waals surface area contributed by atoms with Crippen molar-refractivity contribution in [3.8, 4) is 0 Å². The highest BCUT2D eigenvalue weighted by molar-refractivity contribution is 5.89. The van der Waals surface area contributed by atoms with Gasteiger partial charge >= 0.3 is 0 Å². The molecule has 1 rings (SSSR count). The molecule has 1 amide bonds. The highest BCUT2D eigenvalue weighted by Gasteiger charge is 1.99. The molecule has 0 aromatic carbocycles. The van der Waals surface area contributed by atoms with E-state index in [2.05, 4.69) is 27.1 Å². The summed E-state index contributed by atoms with van der Waals surface area (Å²) in [4.78, 5) is 14.5. The summed E-state index contributed by atoms with van der Waals surface area (Å²) in [6, 6.07) is 0. The second kappa shape index (κ2) is 3.50. The van der Waals surface area contributed by atoms with E-state index in [1.165, 1.54) is 12.4 Å². The van der Waals surface area contributed by atoms with Gasteiger partial charge in [-0.2, -0.15) is 10.1 Å². The molecule has 0 aliphatic heterocycles. The molecule has 0 aliphatic rings. The number of hydrogen-bond acceptors (Lipinski definition) is 3. The average Bonchev–Trinajstić information content (AvgIpc) is 2.40. The number of aromatic nitrogens is 3. The van der Waals surface area contributed by atoms with E-state index >= 15 is 0 Å². The van der Waals surface area contributed by atoms with Gasteiger partial charge in [0.15, 0.2) is 0 Å². The van der Waals surface area contributed by atoms with Gasteiger partial charge in [0, 0.05) is 6.42 Å². The van der Waals surface area contributed by atoms with Crippen molar-refractivity contribution >= 4 is 11.9 Å². The lowest BCUT2D eigenvalue weighted by Gasteiger charge is -1.95. The number of carbonyl (C=O) groups is 1. The van der Waals surface area contributed by atoms with Gasteiger partial charge in [-0.25, -0.2) is 5.10 Å². The summed E-state index contributed by atoms with van der Waals surface area (Å²) < 4.78 is 0. The smallest absolute Gasteiger partial charge is 0.230 e. The molecule has 2 N–H and O–H groups in total. The molecule has 0 bridgehead atoms. The molecule has 0 saturated heterocycles. The van der Waals surface area contributed by atoms with Crippen LogP contribution in [0.5, 0.6) is 0 Å². The van der Waals surface area contributed by atoms with E-state index in [1.54, 1.807) is 0 Å². The molecule has 11 heavy (non-hydrogen) atoms. The second-order valence-corrected chi connectivity index (χ2v) is 1.88. The highest BCUT2D eigenvalue weighted by Crippen LogP contribution is 1.93. The molecule has 0 unspecified atom stereocenters. The molecule has 0 spiro atoms. The average molecular weight is 152 g/mol. The summed E-state index contributed by atoms with van der Waals surface area (Å²) >= 11 is 0. The predicted molar refractivity (Wildman–Crippen MR) is 39.8 cm³/mol. The Balaban J connectivity index is 2.43. The lowest BCUT2D eigenvalue weighted by molar-refractivity contribution is -0.115. The van der Waals surface area contributed by atoms with E-state index in [0.29, 0.717) is 5.95 Å². The van der Waals surface area contributed by atoms with Crippen molar-refractivity contribution in [1.29, 1.82) is 0 Å². The van der Waals surface area contributed by atoms with Crippen molar-refractivity contribution in [3.63, 3.8) is 0 Å². The molecule has 5 nitrogen and oxygen atoms in total. The van der Waals surface area contributed by atoms with Crippen LogP contribution in [0.4, 0.5) is 5.95 Å². The molecular weight excluding hydrogens is 144 g/mol. The zero-order valence-corrected chi connectivity index (χ0v) is 5.87. The van der Waals surface area contributed by atoms with Gasteiger partial charge in [-0.1, -0.05) is 6.08 Å². The quantitative estimate of drug-likeness (QED) is 0.612. The Labute approximate surface area is 63.5 Å². The van der Waals surface area contributed by atoms with Gasteiger partial charge in [-0.3, -0.25) is 10.1 Å². The Morgan fingerprint density at radius 1 is 1.91 bits per heavy atom. The van der Waals surface area contributed by atoms with Gasteiger partial charge in [0.25, 0.3) is 0 Å². The summed E-state index contributed by atoms with van der Waals surface area (Å²) in [7, 11) is 0. The van der Waals surface area contributed by atoms with Crippen molar-refractivity contribution in [2.45, 2.75) is 6.42 Å². The Bertz CT molecular complexity index is 241. The van der Waals surface area contributed by atoms with E-state index in [1.807, 2.05) is 0 Å². The van der Waals surface area contributed by atoms with Crippen LogP contribution in [0, 0.1) is 0 Å². The minimum Gasteiger partial charge on any atom is -0.295 e. The third-order valence-electron chi connectivity index (χ3n) is 1.00. The van der Waals surface area contributed by atoms with Crippen LogP contribution < -0.4 is 5.32 Å². The lowest BCUT2D eigenvalue weighted by atomic mass is 10.4. The summed E-state index contributed by atoms with van der Waals surface area (Å²) in [5.74, 6) is 0.202. The van der Waals surface area contributed by atoms with Gasteiger partial charge in [0.2, 0.25) is 11.9 Å². The largest absolute Gasteiger partial charge is 0.295 e. The second-order valence-electron chi connectivity index (χ2n) is 1.88. The minimum absolute atomic E-state index is 0.156. The fraction of sp³-hybridized carbons (Fsp3) is 0.167. The fourth-order valence-electron chi connectivity index (χ4n) is 0.580. The van der Waals surface area contributed by atoms with Crippen LogP contribution in [0.25, 0.3) is 0 Å². The minimum atomic E-state index is -0.156. The van der Waals surface area contributed by atoms with Crippen molar-refractivity contribution in [1.82, 2.24) is 15.2 Å². The molecule has 0 radical (unpaired) electrons. The maximum atomic E-state index is 10.8. The van der Waals surface area contributed by atoms with Crippen LogP contribution in [0.3, 0.4) is 0 Å². The number of H-pyrrole nitrogens is 1. The third kappa shape index (κ3) is 2.21. The summed E-state index contributed by atoms with van der Waals surface area (Å²) in [5.41, 5.74) is 0. The summed E-state index contributed by atoms with van der Waals surface area (Å²) in [6.45, 7) is 3.42. The molecule has 1 aromatic heterocycles. The van der Waals surface area contributed by atoms with E-state index in [9.17, 15) is 4.79 Å². The van der Waals surface area contributed by atoms with Gasteiger partial charge in [0.05, 0.1) is 0 Å². The monoisotopic (exact) mass is 152 g/mol. The first-order valence-electron chi connectivity index (χ1n) is 3.09. The molecule has 0 fully saturated rings. The van der Waals surface area contributed by atoms with Crippen molar-refractivity contribution < 1.29 is 4.79 Å². The molecule has 0 atom stereocenters. The van der Waals surface area contributed by atoms with E-state index in [-0.39, 0.29) is 12.3 Å². The van der Waals surface area contributed by atoms with Gasteiger partial charge in [0.1, 0.15) is 6.33 Å². The zero-order chi connectivity index (χ0) is 8.10. The van der Waals surface area contributed by atoms with Crippen molar-refractivity contribution in [3.05, 3.63) is 19.0 Å². The van der Waals surface area contributed by atoms with Gasteiger partial charge < -0.3 is 0 Å². The summed E-state index contributed by atoms with van der Waals surface area (Å²) in [6.07, 6.45) is 3.12. The molecule has 0 saturated carbocycles. The van der Waals surface area contributed by atoms with Crippen LogP contribution >= 0.6 is 0 Å². The molecule has 58 valence electrons. The number of anilines is 1. The zero-order valence-electron chi connectivity index (χ0n) is 5.87. The standard InChI is InChI=1S/C6H8N4O/c1-2-3-5(11)9-6-7-4-8-10-6/h2,4H,1,3H2,(H2,7,8,9,10,11). The number of aromatic amines is 1. The Morgan fingerprint density at radius 2 is 2.73 bits per heavy atom. The first-order chi connectivity index (χ1) is 5.33. The SMILES string of the molecule is C=CCC(=O)Nc1ncn[nH]1. The Kier molecular flexibility index (Phi) is 2.37. The predicted octanol–water partition coefficient (Wildman–Crippen LogP) is 0.319. The number of hydrogen-bond donors (Lipinski definition) is 2. The molecule has 1 heterocycles. The van der Waals surface area contributed by atoms with E-state index in [4.69, 9.17) is 0 Å². The Morgan fingerprint density at radius 3 is 3.27 bits per heavy atom. The first kappa shape index (κ1) is 7.46. The number of nitrogens with one attached hydrogen (secondary N) is 2. The highest BCUT2D eigenvalue weighted by atomic mass is 16.1. The molecule has 5 heteroatoms. The lowest BCUT2D eigenvalue weighted by Crippen LogP contribution is -2.10. The van der Waals surface area contributed by atoms with Crippen LogP contribution in [0.2, 0.25) is 0 Å². The van der Waals surface area contributed by atoms with Gasteiger partial charge in [-0.05, 0) is 0 Å². The molecular formula is C6H8N4O. The number of rotatable bonds is 3. The van der Waals surface area contributed by atoms with Crippen molar-refractivity contribution in [2.75, 3.05) is 5.32 Å². The maximum absolute atomic E-state index is 10.8. The van der Waals surface area contributed by atoms with Crippen LogP contribution in [-0.2, 0) is 4.79 Å². The van der Waals surface area contributed by atoms with Gasteiger partial charge in [-0.15, -0.1) is 6.58 Å². The number of amides is 1. The fourth-order valence-corrected chi connectivity index (χ4v) is 0.580. The third-order valence-corrected chi connectivity index (χ3v) is 1.00. The van der Waals surface area contributed by atoms with E-state index < -0.39 is 0 Å². The first-order valence-corrected chi connectivity index (χ1v) is 3.09. The molecule has 0 aliphatic carbocycles. The maximum Gasteiger partial charge on any atom is 0.230 e. The molecule has 1 aromatic rings. The topological polar surface area (TPSA) is 70.7 Å². The van der Waals surface area contributed by atoms with Crippen molar-refractivity contribution in [2.24, 2.45) is 0 Å². The normalized spacial score (nSPS) is 9.09. The number of nitrogens with zero attached hydrogens (tertiary/aromatic N) is 2. The van der Waals surface area contributed by atoms with Crippen LogP contribution in [0.15, 0.2) is 19.0 Å².